The summed E-state index contributed by atoms with van der Waals surface area (Å²) in [6.45, 7) is 8.01. The maximum absolute atomic E-state index is 6.28. The van der Waals surface area contributed by atoms with Gasteiger partial charge in [0.15, 0.2) is 0 Å². The van der Waals surface area contributed by atoms with Crippen molar-refractivity contribution in [3.63, 3.8) is 0 Å². The van der Waals surface area contributed by atoms with Gasteiger partial charge >= 0.3 is 0 Å². The van der Waals surface area contributed by atoms with E-state index in [0.717, 1.165) is 32.7 Å². The molecule has 1 heterocycles. The minimum atomic E-state index is 0.0983. The Balaban J connectivity index is 1.91. The fourth-order valence-electron chi connectivity index (χ4n) is 2.44. The number of hydrogen-bond donors (Lipinski definition) is 1. The van der Waals surface area contributed by atoms with Crippen molar-refractivity contribution in [1.82, 2.24) is 4.90 Å². The highest BCUT2D eigenvalue weighted by Gasteiger charge is 2.19. The summed E-state index contributed by atoms with van der Waals surface area (Å²) in [7, 11) is 0. The van der Waals surface area contributed by atoms with Crippen LogP contribution in [0, 0.1) is 0 Å². The molecule has 2 unspecified atom stereocenters. The lowest BCUT2D eigenvalue weighted by atomic mass is 10.0. The van der Waals surface area contributed by atoms with Gasteiger partial charge in [0.25, 0.3) is 0 Å². The Hall–Kier alpha value is -0.900. The average Bonchev–Trinajstić information content (AvgIpc) is 2.39. The highest BCUT2D eigenvalue weighted by atomic mass is 16.5. The number of nitrogens with zero attached hydrogens (tertiary/aromatic N) is 1. The fourth-order valence-corrected chi connectivity index (χ4v) is 2.44. The first-order valence-corrected chi connectivity index (χ1v) is 6.87. The van der Waals surface area contributed by atoms with Crippen molar-refractivity contribution < 1.29 is 4.74 Å². The van der Waals surface area contributed by atoms with E-state index >= 15 is 0 Å². The Kier molecular flexibility index (Phi) is 4.75. The highest BCUT2D eigenvalue weighted by molar-refractivity contribution is 5.25. The van der Waals surface area contributed by atoms with E-state index in [1.54, 1.807) is 0 Å². The zero-order chi connectivity index (χ0) is 13.0. The van der Waals surface area contributed by atoms with E-state index < -0.39 is 0 Å². The Morgan fingerprint density at radius 3 is 2.72 bits per heavy atom. The van der Waals surface area contributed by atoms with Crippen molar-refractivity contribution in [3.8, 4) is 0 Å². The maximum Gasteiger partial charge on any atom is 0.0674 e. The number of hydrogen-bond acceptors (Lipinski definition) is 3. The minimum Gasteiger partial charge on any atom is -0.376 e. The Morgan fingerprint density at radius 2 is 2.11 bits per heavy atom. The van der Waals surface area contributed by atoms with Crippen molar-refractivity contribution in [1.29, 1.82) is 0 Å². The molecule has 1 saturated heterocycles. The van der Waals surface area contributed by atoms with Gasteiger partial charge in [0.2, 0.25) is 0 Å². The summed E-state index contributed by atoms with van der Waals surface area (Å²) < 4.78 is 5.54. The van der Waals surface area contributed by atoms with Gasteiger partial charge in [0.05, 0.1) is 12.7 Å². The molecular formula is C15H24N2O. The van der Waals surface area contributed by atoms with Gasteiger partial charge in [0, 0.05) is 25.7 Å². The van der Waals surface area contributed by atoms with Crippen LogP contribution in [-0.2, 0) is 11.2 Å². The van der Waals surface area contributed by atoms with Crippen LogP contribution in [0.3, 0.4) is 0 Å². The van der Waals surface area contributed by atoms with E-state index in [2.05, 4.69) is 43.0 Å². The largest absolute Gasteiger partial charge is 0.376 e. The second-order valence-electron chi connectivity index (χ2n) is 5.14. The number of aryl methyl sites for hydroxylation is 1. The molecule has 3 nitrogen and oxygen atoms in total. The number of rotatable bonds is 4. The molecule has 1 aromatic carbocycles. The molecule has 1 aromatic rings. The van der Waals surface area contributed by atoms with Crippen LogP contribution in [0.5, 0.6) is 0 Å². The van der Waals surface area contributed by atoms with Gasteiger partial charge in [0.1, 0.15) is 0 Å². The quantitative estimate of drug-likeness (QED) is 0.885. The summed E-state index contributed by atoms with van der Waals surface area (Å²) in [6, 6.07) is 8.77. The summed E-state index contributed by atoms with van der Waals surface area (Å²) in [4.78, 5) is 2.40. The van der Waals surface area contributed by atoms with Crippen molar-refractivity contribution >= 4 is 0 Å². The number of nitrogens with two attached hydrogens (primary N) is 1. The molecule has 0 aliphatic carbocycles. The van der Waals surface area contributed by atoms with Crippen LogP contribution in [0.25, 0.3) is 0 Å². The lowest BCUT2D eigenvalue weighted by Gasteiger charge is -2.32. The molecule has 1 fully saturated rings. The predicted molar refractivity (Wildman–Crippen MR) is 74.6 cm³/mol. The molecule has 0 spiro atoms. The molecule has 0 amide bonds. The van der Waals surface area contributed by atoms with E-state index in [-0.39, 0.29) is 6.04 Å². The van der Waals surface area contributed by atoms with Gasteiger partial charge in [-0.3, -0.25) is 4.90 Å². The smallest absolute Gasteiger partial charge is 0.0674 e. The molecule has 1 aliphatic heterocycles. The highest BCUT2D eigenvalue weighted by Crippen LogP contribution is 2.15. The Bertz CT molecular complexity index is 363. The van der Waals surface area contributed by atoms with E-state index in [1.165, 1.54) is 11.1 Å². The van der Waals surface area contributed by atoms with Crippen LogP contribution in [0.1, 0.15) is 31.0 Å². The van der Waals surface area contributed by atoms with Gasteiger partial charge < -0.3 is 10.5 Å². The molecule has 0 bridgehead atoms. The summed E-state index contributed by atoms with van der Waals surface area (Å²) in [5.41, 5.74) is 8.88. The lowest BCUT2D eigenvalue weighted by molar-refractivity contribution is -0.0199. The standard InChI is InChI=1S/C15H24N2O/c1-3-13-4-6-14(7-5-13)15(16)11-17-8-9-18-12(2)10-17/h4-7,12,15H,3,8-11,16H2,1-2H3. The molecule has 0 saturated carbocycles. The van der Waals surface area contributed by atoms with Crippen molar-refractivity contribution in [3.05, 3.63) is 35.4 Å². The van der Waals surface area contributed by atoms with Crippen LogP contribution in [0.4, 0.5) is 0 Å². The van der Waals surface area contributed by atoms with Gasteiger partial charge in [-0.05, 0) is 24.5 Å². The third-order valence-corrected chi connectivity index (χ3v) is 3.60. The molecule has 18 heavy (non-hydrogen) atoms. The summed E-state index contributed by atoms with van der Waals surface area (Å²) in [6.07, 6.45) is 1.41. The van der Waals surface area contributed by atoms with Crippen LogP contribution in [0.15, 0.2) is 24.3 Å². The second kappa shape index (κ2) is 6.32. The molecule has 0 aromatic heterocycles. The Morgan fingerprint density at radius 1 is 1.39 bits per heavy atom. The van der Waals surface area contributed by atoms with E-state index in [0.29, 0.717) is 6.10 Å². The monoisotopic (exact) mass is 248 g/mol. The summed E-state index contributed by atoms with van der Waals surface area (Å²) in [5.74, 6) is 0. The number of ether oxygens (including phenoxy) is 1. The third kappa shape index (κ3) is 3.55. The number of benzene rings is 1. The van der Waals surface area contributed by atoms with Gasteiger partial charge in [-0.1, -0.05) is 31.2 Å². The Labute approximate surface area is 110 Å². The van der Waals surface area contributed by atoms with E-state index in [9.17, 15) is 0 Å². The predicted octanol–water partition coefficient (Wildman–Crippen LogP) is 1.97. The molecular weight excluding hydrogens is 224 g/mol. The summed E-state index contributed by atoms with van der Waals surface area (Å²) >= 11 is 0. The molecule has 100 valence electrons. The first-order valence-electron chi connectivity index (χ1n) is 6.87. The van der Waals surface area contributed by atoms with Gasteiger partial charge in [-0.15, -0.1) is 0 Å². The molecule has 2 N–H and O–H groups in total. The van der Waals surface area contributed by atoms with E-state index in [1.807, 2.05) is 0 Å². The zero-order valence-electron chi connectivity index (χ0n) is 11.4. The second-order valence-corrected chi connectivity index (χ2v) is 5.14. The number of morpholine rings is 1. The molecule has 2 rings (SSSR count). The van der Waals surface area contributed by atoms with E-state index in [4.69, 9.17) is 10.5 Å². The first-order chi connectivity index (χ1) is 8.69. The molecule has 0 radical (unpaired) electrons. The first kappa shape index (κ1) is 13.5. The normalized spacial score (nSPS) is 22.9. The van der Waals surface area contributed by atoms with Gasteiger partial charge in [-0.2, -0.15) is 0 Å². The lowest BCUT2D eigenvalue weighted by Crippen LogP contribution is -2.44. The van der Waals surface area contributed by atoms with Crippen molar-refractivity contribution in [2.45, 2.75) is 32.4 Å². The topological polar surface area (TPSA) is 38.5 Å². The average molecular weight is 248 g/mol. The SMILES string of the molecule is CCc1ccc(C(N)CN2CCOC(C)C2)cc1. The molecule has 2 atom stereocenters. The maximum atomic E-state index is 6.28. The summed E-state index contributed by atoms with van der Waals surface area (Å²) in [5, 5.41) is 0. The van der Waals surface area contributed by atoms with Crippen molar-refractivity contribution in [2.75, 3.05) is 26.2 Å². The van der Waals surface area contributed by atoms with Gasteiger partial charge in [-0.25, -0.2) is 0 Å². The molecule has 1 aliphatic rings. The van der Waals surface area contributed by atoms with Crippen LogP contribution in [0.2, 0.25) is 0 Å². The molecule has 3 heteroatoms. The fraction of sp³-hybridized carbons (Fsp3) is 0.600. The third-order valence-electron chi connectivity index (χ3n) is 3.60. The van der Waals surface area contributed by atoms with Crippen molar-refractivity contribution in [2.24, 2.45) is 5.73 Å². The van der Waals surface area contributed by atoms with Crippen LogP contribution >= 0.6 is 0 Å². The zero-order valence-corrected chi connectivity index (χ0v) is 11.4. The van der Waals surface area contributed by atoms with Crippen LogP contribution < -0.4 is 5.73 Å². The minimum absolute atomic E-state index is 0.0983. The van der Waals surface area contributed by atoms with Crippen LogP contribution in [-0.4, -0.2) is 37.2 Å².